The predicted molar refractivity (Wildman–Crippen MR) is 123 cm³/mol. The highest BCUT2D eigenvalue weighted by Gasteiger charge is 2.54. The molecule has 8 heteroatoms. The van der Waals surface area contributed by atoms with Crippen LogP contribution in [-0.2, 0) is 6.54 Å². The van der Waals surface area contributed by atoms with Crippen molar-refractivity contribution in [2.45, 2.75) is 46.6 Å². The first kappa shape index (κ1) is 22.0. The van der Waals surface area contributed by atoms with Gasteiger partial charge in [-0.3, -0.25) is 19.3 Å². The van der Waals surface area contributed by atoms with Gasteiger partial charge in [-0.2, -0.15) is 5.10 Å². The molecule has 2 aliphatic rings. The third-order valence-corrected chi connectivity index (χ3v) is 7.09. The number of carbonyl (C=O) groups is 2. The van der Waals surface area contributed by atoms with Crippen molar-refractivity contribution in [1.82, 2.24) is 20.0 Å². The number of rotatable bonds is 7. The van der Waals surface area contributed by atoms with Crippen molar-refractivity contribution in [3.05, 3.63) is 46.8 Å². The minimum absolute atomic E-state index is 0.0762. The average Bonchev–Trinajstić information content (AvgIpc) is 3.11. The van der Waals surface area contributed by atoms with Gasteiger partial charge in [-0.05, 0) is 70.2 Å². The molecule has 1 saturated carbocycles. The minimum atomic E-state index is -0.197. The van der Waals surface area contributed by atoms with Gasteiger partial charge in [0.25, 0.3) is 11.8 Å². The van der Waals surface area contributed by atoms with Crippen LogP contribution in [0.3, 0.4) is 0 Å². The van der Waals surface area contributed by atoms with Crippen LogP contribution in [0.2, 0.25) is 0 Å². The molecule has 2 aromatic rings. The van der Waals surface area contributed by atoms with Crippen LogP contribution in [0.5, 0.6) is 0 Å². The lowest BCUT2D eigenvalue weighted by Gasteiger charge is -2.33. The van der Waals surface area contributed by atoms with Crippen LogP contribution in [0.4, 0.5) is 0 Å². The van der Waals surface area contributed by atoms with E-state index in [0.29, 0.717) is 29.5 Å². The van der Waals surface area contributed by atoms with E-state index < -0.39 is 0 Å². The van der Waals surface area contributed by atoms with Gasteiger partial charge in [-0.25, -0.2) is 0 Å². The molecule has 0 aromatic carbocycles. The largest absolute Gasteiger partial charge is 0.456 e. The van der Waals surface area contributed by atoms with Crippen LogP contribution in [0.25, 0.3) is 6.08 Å². The second-order valence-electron chi connectivity index (χ2n) is 8.85. The van der Waals surface area contributed by atoms with Gasteiger partial charge in [0, 0.05) is 43.6 Å². The summed E-state index contributed by atoms with van der Waals surface area (Å²) in [7, 11) is 0. The summed E-state index contributed by atoms with van der Waals surface area (Å²) in [6.45, 7) is 12.1. The molecular formula is C24H31N5O3. The molecule has 1 spiro atoms. The van der Waals surface area contributed by atoms with E-state index in [9.17, 15) is 9.59 Å². The molecule has 4 rings (SSSR count). The SMILES string of the molecule is C=N/C=C\c1cc(C(=O)NCC2CC23CCN(C(=O)c2cnn(CC)c2C)CC3)oc1C. The van der Waals surface area contributed by atoms with Crippen LogP contribution in [0, 0.1) is 25.2 Å². The molecule has 2 aromatic heterocycles. The molecule has 32 heavy (non-hydrogen) atoms. The number of aliphatic imine (C=N–C) groups is 1. The van der Waals surface area contributed by atoms with Crippen molar-refractivity contribution < 1.29 is 14.0 Å². The smallest absolute Gasteiger partial charge is 0.287 e. The Kier molecular flexibility index (Phi) is 6.04. The standard InChI is InChI=1S/C24H31N5O3/c1-5-29-16(2)20(15-27-29)23(31)28-10-7-24(8-11-28)13-19(24)14-26-22(30)21-12-18(6-9-25-4)17(3)32-21/h6,9,12,15,19H,4-5,7-8,10-11,13-14H2,1-3H3,(H,26,30)/b9-6-. The molecule has 1 aliphatic heterocycles. The van der Waals surface area contributed by atoms with E-state index in [1.54, 1.807) is 24.5 Å². The normalized spacial score (nSPS) is 19.5. The van der Waals surface area contributed by atoms with Crippen molar-refractivity contribution in [3.8, 4) is 0 Å². The Bertz CT molecular complexity index is 1060. The van der Waals surface area contributed by atoms with Gasteiger partial charge in [0.15, 0.2) is 5.76 Å². The van der Waals surface area contributed by atoms with Crippen molar-refractivity contribution in [3.63, 3.8) is 0 Å². The average molecular weight is 438 g/mol. The molecule has 1 atom stereocenters. The van der Waals surface area contributed by atoms with E-state index in [1.807, 2.05) is 30.4 Å². The van der Waals surface area contributed by atoms with E-state index in [1.165, 1.54) is 0 Å². The number of piperidine rings is 1. The summed E-state index contributed by atoms with van der Waals surface area (Å²) >= 11 is 0. The van der Waals surface area contributed by atoms with Gasteiger partial charge in [0.05, 0.1) is 11.8 Å². The summed E-state index contributed by atoms with van der Waals surface area (Å²) in [6, 6.07) is 1.72. The zero-order valence-corrected chi connectivity index (χ0v) is 19.1. The Morgan fingerprint density at radius 1 is 1.38 bits per heavy atom. The van der Waals surface area contributed by atoms with Crippen LogP contribution in [0.15, 0.2) is 27.9 Å². The molecule has 1 aliphatic carbocycles. The van der Waals surface area contributed by atoms with Crippen molar-refractivity contribution in [2.75, 3.05) is 19.6 Å². The summed E-state index contributed by atoms with van der Waals surface area (Å²) in [4.78, 5) is 31.1. The second kappa shape index (κ2) is 8.76. The van der Waals surface area contributed by atoms with Crippen LogP contribution in [0.1, 0.15) is 64.1 Å². The summed E-state index contributed by atoms with van der Waals surface area (Å²) in [5.41, 5.74) is 2.70. The predicted octanol–water partition coefficient (Wildman–Crippen LogP) is 3.46. The molecule has 2 fully saturated rings. The van der Waals surface area contributed by atoms with E-state index >= 15 is 0 Å². The van der Waals surface area contributed by atoms with Crippen molar-refractivity contribution in [1.29, 1.82) is 0 Å². The van der Waals surface area contributed by atoms with E-state index in [-0.39, 0.29) is 17.2 Å². The molecule has 0 bridgehead atoms. The summed E-state index contributed by atoms with van der Waals surface area (Å²) in [5.74, 6) is 1.32. The maximum Gasteiger partial charge on any atom is 0.287 e. The van der Waals surface area contributed by atoms with Crippen LogP contribution in [-0.4, -0.2) is 52.8 Å². The van der Waals surface area contributed by atoms with Gasteiger partial charge in [-0.15, -0.1) is 0 Å². The summed E-state index contributed by atoms with van der Waals surface area (Å²) in [6.07, 6.45) is 8.07. The van der Waals surface area contributed by atoms with Gasteiger partial charge >= 0.3 is 0 Å². The van der Waals surface area contributed by atoms with Crippen molar-refractivity contribution >= 4 is 24.6 Å². The number of likely N-dealkylation sites (tertiary alicyclic amines) is 1. The Morgan fingerprint density at radius 3 is 2.78 bits per heavy atom. The lowest BCUT2D eigenvalue weighted by atomic mass is 9.90. The lowest BCUT2D eigenvalue weighted by Crippen LogP contribution is -2.40. The molecule has 2 amide bonds. The zero-order valence-electron chi connectivity index (χ0n) is 19.1. The van der Waals surface area contributed by atoms with Crippen LogP contribution >= 0.6 is 0 Å². The quantitative estimate of drug-likeness (QED) is 0.672. The van der Waals surface area contributed by atoms with Gasteiger partial charge in [0.1, 0.15) is 5.76 Å². The number of hydrogen-bond acceptors (Lipinski definition) is 5. The zero-order chi connectivity index (χ0) is 22.9. The fraction of sp³-hybridized carbons (Fsp3) is 0.500. The Hall–Kier alpha value is -3.16. The number of nitrogens with one attached hydrogen (secondary N) is 1. The van der Waals surface area contributed by atoms with E-state index in [2.05, 4.69) is 22.1 Å². The second-order valence-corrected chi connectivity index (χ2v) is 8.85. The number of amides is 2. The monoisotopic (exact) mass is 437 g/mol. The van der Waals surface area contributed by atoms with Gasteiger partial charge in [-0.1, -0.05) is 0 Å². The number of aromatic nitrogens is 2. The molecule has 3 heterocycles. The number of carbonyl (C=O) groups excluding carboxylic acids is 2. The lowest BCUT2D eigenvalue weighted by molar-refractivity contribution is 0.0668. The molecule has 1 saturated heterocycles. The highest BCUT2D eigenvalue weighted by Crippen LogP contribution is 2.59. The summed E-state index contributed by atoms with van der Waals surface area (Å²) < 4.78 is 7.44. The third kappa shape index (κ3) is 4.13. The Morgan fingerprint density at radius 2 is 2.12 bits per heavy atom. The number of furan rings is 1. The minimum Gasteiger partial charge on any atom is -0.456 e. The molecule has 8 nitrogen and oxygen atoms in total. The van der Waals surface area contributed by atoms with Crippen LogP contribution < -0.4 is 5.32 Å². The number of hydrogen-bond donors (Lipinski definition) is 1. The first-order valence-corrected chi connectivity index (χ1v) is 11.2. The molecule has 1 unspecified atom stereocenters. The molecule has 1 N–H and O–H groups in total. The summed E-state index contributed by atoms with van der Waals surface area (Å²) in [5, 5.41) is 7.32. The van der Waals surface area contributed by atoms with Crippen molar-refractivity contribution in [2.24, 2.45) is 16.3 Å². The molecular weight excluding hydrogens is 406 g/mol. The molecule has 0 radical (unpaired) electrons. The number of aryl methyl sites for hydroxylation is 2. The molecule has 170 valence electrons. The first-order chi connectivity index (χ1) is 15.4. The fourth-order valence-corrected chi connectivity index (χ4v) is 4.84. The Balaban J connectivity index is 1.28. The maximum absolute atomic E-state index is 12.9. The highest BCUT2D eigenvalue weighted by molar-refractivity contribution is 5.95. The number of nitrogens with zero attached hydrogens (tertiary/aromatic N) is 4. The fourth-order valence-electron chi connectivity index (χ4n) is 4.84. The first-order valence-electron chi connectivity index (χ1n) is 11.2. The topological polar surface area (TPSA) is 92.7 Å². The van der Waals surface area contributed by atoms with Gasteiger partial charge < -0.3 is 14.6 Å². The van der Waals surface area contributed by atoms with Gasteiger partial charge in [0.2, 0.25) is 0 Å². The third-order valence-electron chi connectivity index (χ3n) is 7.09. The highest BCUT2D eigenvalue weighted by atomic mass is 16.3. The Labute approximate surface area is 188 Å². The van der Waals surface area contributed by atoms with E-state index in [4.69, 9.17) is 4.42 Å². The van der Waals surface area contributed by atoms with E-state index in [0.717, 1.165) is 50.2 Å². The maximum atomic E-state index is 12.9.